The molecule has 0 radical (unpaired) electrons. The Hall–Kier alpha value is -2.04. The Morgan fingerprint density at radius 1 is 1.30 bits per heavy atom. The van der Waals surface area contributed by atoms with Gasteiger partial charge in [-0.05, 0) is 37.5 Å². The minimum Gasteiger partial charge on any atom is -0.508 e. The lowest BCUT2D eigenvalue weighted by molar-refractivity contribution is -0.169. The zero-order chi connectivity index (χ0) is 15.2. The third-order valence-corrected chi connectivity index (χ3v) is 3.17. The number of aliphatic carboxylic acids is 1. The third kappa shape index (κ3) is 3.50. The molecule has 0 bridgehead atoms. The van der Waals surface area contributed by atoms with Crippen LogP contribution in [0.2, 0.25) is 0 Å². The van der Waals surface area contributed by atoms with Crippen LogP contribution in [0.25, 0.3) is 0 Å². The van der Waals surface area contributed by atoms with Crippen molar-refractivity contribution in [3.05, 3.63) is 29.8 Å². The van der Waals surface area contributed by atoms with E-state index < -0.39 is 17.4 Å². The summed E-state index contributed by atoms with van der Waals surface area (Å²) in [4.78, 5) is 23.8. The number of ether oxygens (including phenoxy) is 1. The number of esters is 1. The number of phenols is 1. The van der Waals surface area contributed by atoms with Gasteiger partial charge in [0.05, 0.1) is 6.61 Å². The summed E-state index contributed by atoms with van der Waals surface area (Å²) in [5.74, 6) is -1.87. The van der Waals surface area contributed by atoms with Crippen LogP contribution in [0.5, 0.6) is 5.75 Å². The smallest absolute Gasteiger partial charge is 0.323 e. The lowest BCUT2D eigenvalue weighted by Gasteiger charge is -2.26. The number of rotatable bonds is 7. The van der Waals surface area contributed by atoms with Gasteiger partial charge in [0.15, 0.2) is 5.41 Å². The standard InChI is InChI=1S/C15H20O5/c1-3-8-15(13(17)18,14(19)20-4-2)10-11-6-5-7-12(16)9-11/h5-7,9,16H,3-4,8,10H2,1-2H3,(H,17,18). The van der Waals surface area contributed by atoms with Gasteiger partial charge in [-0.2, -0.15) is 0 Å². The van der Waals surface area contributed by atoms with Gasteiger partial charge in [-0.1, -0.05) is 25.5 Å². The first-order valence-corrected chi connectivity index (χ1v) is 6.64. The van der Waals surface area contributed by atoms with Gasteiger partial charge in [-0.3, -0.25) is 9.59 Å². The summed E-state index contributed by atoms with van der Waals surface area (Å²) in [6, 6.07) is 6.27. The molecular formula is C15H20O5. The van der Waals surface area contributed by atoms with Crippen molar-refractivity contribution < 1.29 is 24.5 Å². The highest BCUT2D eigenvalue weighted by molar-refractivity contribution is 5.99. The first kappa shape index (κ1) is 16.0. The Morgan fingerprint density at radius 2 is 2.00 bits per heavy atom. The van der Waals surface area contributed by atoms with Crippen molar-refractivity contribution >= 4 is 11.9 Å². The van der Waals surface area contributed by atoms with Crippen LogP contribution in [-0.2, 0) is 20.7 Å². The minimum absolute atomic E-state index is 0.00338. The molecule has 1 rings (SSSR count). The van der Waals surface area contributed by atoms with Crippen LogP contribution in [0, 0.1) is 5.41 Å². The van der Waals surface area contributed by atoms with Crippen molar-refractivity contribution in [1.29, 1.82) is 0 Å². The second-order valence-electron chi connectivity index (χ2n) is 4.70. The van der Waals surface area contributed by atoms with Crippen molar-refractivity contribution in [2.75, 3.05) is 6.61 Å². The van der Waals surface area contributed by atoms with Crippen LogP contribution in [0.4, 0.5) is 0 Å². The van der Waals surface area contributed by atoms with Gasteiger partial charge in [0, 0.05) is 0 Å². The van der Waals surface area contributed by atoms with E-state index in [-0.39, 0.29) is 25.2 Å². The summed E-state index contributed by atoms with van der Waals surface area (Å²) in [6.07, 6.45) is 0.740. The number of hydrogen-bond donors (Lipinski definition) is 2. The van der Waals surface area contributed by atoms with Gasteiger partial charge in [-0.15, -0.1) is 0 Å². The second-order valence-corrected chi connectivity index (χ2v) is 4.70. The second kappa shape index (κ2) is 6.93. The molecule has 0 aromatic heterocycles. The van der Waals surface area contributed by atoms with E-state index in [0.717, 1.165) is 0 Å². The van der Waals surface area contributed by atoms with E-state index in [4.69, 9.17) is 4.74 Å². The Kier molecular flexibility index (Phi) is 5.55. The van der Waals surface area contributed by atoms with Gasteiger partial charge < -0.3 is 14.9 Å². The van der Waals surface area contributed by atoms with E-state index in [0.29, 0.717) is 12.0 Å². The summed E-state index contributed by atoms with van der Waals surface area (Å²) in [6.45, 7) is 3.60. The highest BCUT2D eigenvalue weighted by Crippen LogP contribution is 2.32. The van der Waals surface area contributed by atoms with Crippen LogP contribution in [0.15, 0.2) is 24.3 Å². The highest BCUT2D eigenvalue weighted by atomic mass is 16.5. The molecule has 1 aromatic rings. The van der Waals surface area contributed by atoms with E-state index >= 15 is 0 Å². The Labute approximate surface area is 118 Å². The van der Waals surface area contributed by atoms with Crippen LogP contribution >= 0.6 is 0 Å². The van der Waals surface area contributed by atoms with Crippen molar-refractivity contribution in [2.45, 2.75) is 33.1 Å². The molecule has 5 nitrogen and oxygen atoms in total. The summed E-state index contributed by atoms with van der Waals surface area (Å²) in [5, 5.41) is 19.0. The fourth-order valence-corrected chi connectivity index (χ4v) is 2.24. The van der Waals surface area contributed by atoms with Crippen molar-refractivity contribution in [3.8, 4) is 5.75 Å². The number of carboxylic acids is 1. The van der Waals surface area contributed by atoms with E-state index in [1.54, 1.807) is 19.1 Å². The number of carbonyl (C=O) groups is 2. The molecule has 20 heavy (non-hydrogen) atoms. The fraction of sp³-hybridized carbons (Fsp3) is 0.467. The van der Waals surface area contributed by atoms with Gasteiger partial charge >= 0.3 is 11.9 Å². The van der Waals surface area contributed by atoms with Gasteiger partial charge in [0.2, 0.25) is 0 Å². The number of benzene rings is 1. The molecule has 110 valence electrons. The molecule has 0 spiro atoms. The van der Waals surface area contributed by atoms with E-state index in [1.807, 2.05) is 6.92 Å². The summed E-state index contributed by atoms with van der Waals surface area (Å²) < 4.78 is 4.94. The Morgan fingerprint density at radius 3 is 2.50 bits per heavy atom. The van der Waals surface area contributed by atoms with Crippen molar-refractivity contribution in [2.24, 2.45) is 5.41 Å². The molecule has 0 fully saturated rings. The number of carboxylic acid groups (broad SMARTS) is 1. The first-order valence-electron chi connectivity index (χ1n) is 6.64. The Bertz CT molecular complexity index is 483. The number of hydrogen-bond acceptors (Lipinski definition) is 4. The fourth-order valence-electron chi connectivity index (χ4n) is 2.24. The minimum atomic E-state index is -1.60. The quantitative estimate of drug-likeness (QED) is 0.591. The van der Waals surface area contributed by atoms with Crippen LogP contribution < -0.4 is 0 Å². The molecule has 0 heterocycles. The number of carbonyl (C=O) groups excluding carboxylic acids is 1. The maximum Gasteiger partial charge on any atom is 0.323 e. The SMILES string of the molecule is CCCC(Cc1cccc(O)c1)(C(=O)O)C(=O)OCC. The van der Waals surface area contributed by atoms with Gasteiger partial charge in [0.25, 0.3) is 0 Å². The first-order chi connectivity index (χ1) is 9.46. The molecule has 0 amide bonds. The van der Waals surface area contributed by atoms with Crippen molar-refractivity contribution in [1.82, 2.24) is 0 Å². The zero-order valence-corrected chi connectivity index (χ0v) is 11.8. The maximum absolute atomic E-state index is 12.1. The topological polar surface area (TPSA) is 83.8 Å². The molecule has 0 aliphatic heterocycles. The summed E-state index contributed by atoms with van der Waals surface area (Å²) >= 11 is 0. The Balaban J connectivity index is 3.15. The molecule has 1 unspecified atom stereocenters. The molecular weight excluding hydrogens is 260 g/mol. The van der Waals surface area contributed by atoms with Crippen LogP contribution in [-0.4, -0.2) is 28.8 Å². The zero-order valence-electron chi connectivity index (χ0n) is 11.8. The van der Waals surface area contributed by atoms with Gasteiger partial charge in [-0.25, -0.2) is 0 Å². The molecule has 0 aliphatic rings. The van der Waals surface area contributed by atoms with Crippen LogP contribution in [0.3, 0.4) is 0 Å². The predicted molar refractivity (Wildman–Crippen MR) is 73.4 cm³/mol. The lowest BCUT2D eigenvalue weighted by Crippen LogP contribution is -2.42. The molecule has 1 atom stereocenters. The molecule has 2 N–H and O–H groups in total. The predicted octanol–water partition coefficient (Wildman–Crippen LogP) is 2.37. The molecule has 0 aliphatic carbocycles. The average molecular weight is 280 g/mol. The maximum atomic E-state index is 12.1. The number of aromatic hydroxyl groups is 1. The normalized spacial score (nSPS) is 13.5. The number of phenolic OH excluding ortho intramolecular Hbond substituents is 1. The van der Waals surface area contributed by atoms with E-state index in [9.17, 15) is 19.8 Å². The molecule has 0 saturated heterocycles. The van der Waals surface area contributed by atoms with Crippen molar-refractivity contribution in [3.63, 3.8) is 0 Å². The van der Waals surface area contributed by atoms with E-state index in [1.165, 1.54) is 12.1 Å². The monoisotopic (exact) mass is 280 g/mol. The molecule has 0 saturated carbocycles. The molecule has 5 heteroatoms. The lowest BCUT2D eigenvalue weighted by atomic mass is 9.77. The van der Waals surface area contributed by atoms with Gasteiger partial charge in [0.1, 0.15) is 5.75 Å². The van der Waals surface area contributed by atoms with E-state index in [2.05, 4.69) is 0 Å². The molecule has 1 aromatic carbocycles. The summed E-state index contributed by atoms with van der Waals surface area (Å²) in [5.41, 5.74) is -1.01. The largest absolute Gasteiger partial charge is 0.508 e. The summed E-state index contributed by atoms with van der Waals surface area (Å²) in [7, 11) is 0. The third-order valence-electron chi connectivity index (χ3n) is 3.17. The highest BCUT2D eigenvalue weighted by Gasteiger charge is 2.46. The van der Waals surface area contributed by atoms with Crippen LogP contribution in [0.1, 0.15) is 32.3 Å². The average Bonchev–Trinajstić information content (AvgIpc) is 2.38.